The molecule has 1 N–H and O–H groups in total. The third-order valence-corrected chi connectivity index (χ3v) is 5.99. The van der Waals surface area contributed by atoms with E-state index < -0.39 is 11.7 Å². The fraction of sp³-hybridized carbons (Fsp3) is 0.941. The van der Waals surface area contributed by atoms with Crippen LogP contribution in [0.25, 0.3) is 0 Å². The molecule has 0 aliphatic carbocycles. The number of ether oxygens (including phenoxy) is 12. The lowest BCUT2D eigenvalue weighted by atomic mass is 10.2. The first-order valence-electron chi connectivity index (χ1n) is 17.7. The fourth-order valence-electron chi connectivity index (χ4n) is 3.60. The summed E-state index contributed by atoms with van der Waals surface area (Å²) in [4.78, 5) is 23.0. The quantitative estimate of drug-likeness (QED) is 0.0735. The van der Waals surface area contributed by atoms with Crippen LogP contribution >= 0.6 is 0 Å². The van der Waals surface area contributed by atoms with Gasteiger partial charge in [0, 0.05) is 13.0 Å². The van der Waals surface area contributed by atoms with Gasteiger partial charge in [-0.25, -0.2) is 4.79 Å². The van der Waals surface area contributed by atoms with Crippen LogP contribution in [-0.2, 0) is 61.6 Å². The highest BCUT2D eigenvalue weighted by Crippen LogP contribution is 2.06. The second-order valence-corrected chi connectivity index (χ2v) is 11.6. The van der Waals surface area contributed by atoms with Gasteiger partial charge in [0.25, 0.3) is 0 Å². The van der Waals surface area contributed by atoms with E-state index in [1.807, 2.05) is 20.8 Å². The summed E-state index contributed by atoms with van der Waals surface area (Å²) in [5.74, 6) is -0.156. The highest BCUT2D eigenvalue weighted by Gasteiger charge is 2.15. The van der Waals surface area contributed by atoms with Crippen LogP contribution in [-0.4, -0.2) is 163 Å². The standard InChI is InChI=1S/C34H67NO14/c1-5-6-7-8-9-32(36)48-31-30-47-29-28-46-27-26-45-25-24-44-23-22-43-21-20-42-19-18-41-17-16-40-15-14-39-13-12-38-11-10-35-33(37)49-34(2,3)4/h5-31H2,1-4H3,(H,35,37). The molecular formula is C34H67NO14. The SMILES string of the molecule is CCCCCCC(=O)OCCOCCOCCOCCOCCOCCOCCOCCOCCOCCOCCNC(=O)OC(C)(C)C. The second kappa shape index (κ2) is 37.6. The van der Waals surface area contributed by atoms with E-state index >= 15 is 0 Å². The van der Waals surface area contributed by atoms with E-state index in [9.17, 15) is 9.59 Å². The maximum Gasteiger partial charge on any atom is 0.407 e. The molecule has 0 aliphatic heterocycles. The molecule has 292 valence electrons. The van der Waals surface area contributed by atoms with E-state index in [0.29, 0.717) is 145 Å². The maximum atomic E-state index is 11.5. The number of nitrogens with one attached hydrogen (secondary N) is 1. The maximum absolute atomic E-state index is 11.5. The monoisotopic (exact) mass is 713 g/mol. The van der Waals surface area contributed by atoms with Gasteiger partial charge in [0.05, 0.1) is 132 Å². The molecule has 49 heavy (non-hydrogen) atoms. The van der Waals surface area contributed by atoms with Gasteiger partial charge in [0.2, 0.25) is 0 Å². The van der Waals surface area contributed by atoms with Gasteiger partial charge in [-0.2, -0.15) is 0 Å². The summed E-state index contributed by atoms with van der Waals surface area (Å²) in [6.45, 7) is 17.6. The number of unbranched alkanes of at least 4 members (excludes halogenated alkanes) is 3. The van der Waals surface area contributed by atoms with E-state index in [2.05, 4.69) is 12.2 Å². The molecule has 0 fully saturated rings. The molecule has 0 spiro atoms. The third-order valence-electron chi connectivity index (χ3n) is 5.99. The highest BCUT2D eigenvalue weighted by atomic mass is 16.6. The number of rotatable bonds is 38. The smallest absolute Gasteiger partial charge is 0.407 e. The number of hydrogen-bond donors (Lipinski definition) is 1. The molecule has 15 nitrogen and oxygen atoms in total. The van der Waals surface area contributed by atoms with Crippen LogP contribution in [0.3, 0.4) is 0 Å². The highest BCUT2D eigenvalue weighted by molar-refractivity contribution is 5.69. The summed E-state index contributed by atoms with van der Waals surface area (Å²) in [7, 11) is 0. The first-order chi connectivity index (χ1) is 23.8. The Bertz CT molecular complexity index is 711. The van der Waals surface area contributed by atoms with Crippen LogP contribution in [0, 0.1) is 0 Å². The van der Waals surface area contributed by atoms with E-state index in [1.165, 1.54) is 0 Å². The topological polar surface area (TPSA) is 157 Å². The second-order valence-electron chi connectivity index (χ2n) is 11.6. The molecule has 1 amide bonds. The number of amides is 1. The zero-order chi connectivity index (χ0) is 35.9. The molecule has 0 rings (SSSR count). The van der Waals surface area contributed by atoms with Crippen LogP contribution in [0.1, 0.15) is 59.8 Å². The van der Waals surface area contributed by atoms with E-state index in [0.717, 1.165) is 25.7 Å². The summed E-state index contributed by atoms with van der Waals surface area (Å²) in [5, 5.41) is 2.63. The molecule has 0 aromatic rings. The van der Waals surface area contributed by atoms with Crippen molar-refractivity contribution < 1.29 is 66.4 Å². The van der Waals surface area contributed by atoms with Crippen molar-refractivity contribution in [2.24, 2.45) is 0 Å². The van der Waals surface area contributed by atoms with Crippen molar-refractivity contribution in [3.8, 4) is 0 Å². The van der Waals surface area contributed by atoms with E-state index in [1.54, 1.807) is 0 Å². The van der Waals surface area contributed by atoms with Gasteiger partial charge >= 0.3 is 12.1 Å². The molecule has 0 bridgehead atoms. The van der Waals surface area contributed by atoms with Crippen molar-refractivity contribution in [3.63, 3.8) is 0 Å². The number of carbonyl (C=O) groups is 2. The Kier molecular flexibility index (Phi) is 36.3. The van der Waals surface area contributed by atoms with Crippen molar-refractivity contribution in [2.45, 2.75) is 65.4 Å². The van der Waals surface area contributed by atoms with Gasteiger partial charge in [0.15, 0.2) is 0 Å². The Morgan fingerprint density at radius 3 is 1.10 bits per heavy atom. The average Bonchev–Trinajstić information content (AvgIpc) is 3.06. The zero-order valence-corrected chi connectivity index (χ0v) is 30.8. The normalized spacial score (nSPS) is 11.6. The minimum absolute atomic E-state index is 0.156. The fourth-order valence-corrected chi connectivity index (χ4v) is 3.60. The number of alkyl carbamates (subject to hydrolysis) is 1. The molecule has 0 atom stereocenters. The predicted octanol–water partition coefficient (Wildman–Crippen LogP) is 3.19. The van der Waals surface area contributed by atoms with Gasteiger partial charge in [-0.1, -0.05) is 26.2 Å². The molecule has 0 saturated heterocycles. The van der Waals surface area contributed by atoms with Crippen LogP contribution < -0.4 is 5.32 Å². The number of carbonyl (C=O) groups excluding carboxylic acids is 2. The molecule has 15 heteroatoms. The van der Waals surface area contributed by atoms with Gasteiger partial charge in [-0.15, -0.1) is 0 Å². The molecule has 0 heterocycles. The minimum atomic E-state index is -0.514. The molecule has 0 aliphatic rings. The largest absolute Gasteiger partial charge is 0.463 e. The Labute approximate surface area is 294 Å². The molecule has 0 radical (unpaired) electrons. The van der Waals surface area contributed by atoms with Crippen LogP contribution in [0.4, 0.5) is 4.79 Å². The van der Waals surface area contributed by atoms with Crippen LogP contribution in [0.5, 0.6) is 0 Å². The van der Waals surface area contributed by atoms with E-state index in [4.69, 9.17) is 56.8 Å². The van der Waals surface area contributed by atoms with Crippen molar-refractivity contribution in [3.05, 3.63) is 0 Å². The van der Waals surface area contributed by atoms with Crippen molar-refractivity contribution in [1.82, 2.24) is 5.32 Å². The van der Waals surface area contributed by atoms with E-state index in [-0.39, 0.29) is 12.6 Å². The van der Waals surface area contributed by atoms with Gasteiger partial charge in [0.1, 0.15) is 12.2 Å². The number of hydrogen-bond acceptors (Lipinski definition) is 14. The first kappa shape index (κ1) is 47.3. The molecular weight excluding hydrogens is 646 g/mol. The lowest BCUT2D eigenvalue weighted by Crippen LogP contribution is -2.34. The molecule has 0 aromatic heterocycles. The van der Waals surface area contributed by atoms with Crippen molar-refractivity contribution >= 4 is 12.1 Å². The molecule has 0 unspecified atom stereocenters. The van der Waals surface area contributed by atoms with Gasteiger partial charge in [-0.05, 0) is 27.2 Å². The first-order valence-corrected chi connectivity index (χ1v) is 17.7. The Morgan fingerprint density at radius 2 is 0.776 bits per heavy atom. The third kappa shape index (κ3) is 42.4. The van der Waals surface area contributed by atoms with Crippen LogP contribution in [0.15, 0.2) is 0 Å². The Morgan fingerprint density at radius 1 is 0.449 bits per heavy atom. The van der Waals surface area contributed by atoms with Crippen LogP contribution in [0.2, 0.25) is 0 Å². The summed E-state index contributed by atoms with van der Waals surface area (Å²) < 4.78 is 64.7. The minimum Gasteiger partial charge on any atom is -0.463 e. The lowest BCUT2D eigenvalue weighted by Gasteiger charge is -2.19. The summed E-state index contributed by atoms with van der Waals surface area (Å²) in [5.41, 5.74) is -0.514. The zero-order valence-electron chi connectivity index (χ0n) is 30.8. The molecule has 0 aromatic carbocycles. The van der Waals surface area contributed by atoms with Crippen molar-refractivity contribution in [1.29, 1.82) is 0 Å². The molecule has 0 saturated carbocycles. The summed E-state index contributed by atoms with van der Waals surface area (Å²) in [6, 6.07) is 0. The Balaban J connectivity index is 3.13. The summed E-state index contributed by atoms with van der Waals surface area (Å²) in [6.07, 6.45) is 4.29. The van der Waals surface area contributed by atoms with Gasteiger partial charge < -0.3 is 62.2 Å². The lowest BCUT2D eigenvalue weighted by molar-refractivity contribution is -0.145. The summed E-state index contributed by atoms with van der Waals surface area (Å²) >= 11 is 0. The average molecular weight is 714 g/mol. The number of esters is 1. The van der Waals surface area contributed by atoms with Gasteiger partial charge in [-0.3, -0.25) is 4.79 Å². The Hall–Kier alpha value is -1.66. The predicted molar refractivity (Wildman–Crippen MR) is 182 cm³/mol. The van der Waals surface area contributed by atoms with Crippen molar-refractivity contribution in [2.75, 3.05) is 145 Å².